The van der Waals surface area contributed by atoms with Gasteiger partial charge in [0.1, 0.15) is 17.1 Å². The number of hydrogen-bond acceptors (Lipinski definition) is 5. The summed E-state index contributed by atoms with van der Waals surface area (Å²) in [4.78, 5) is 50.9. The van der Waals surface area contributed by atoms with E-state index in [2.05, 4.69) is 10.6 Å². The topological polar surface area (TPSA) is 105 Å². The molecule has 1 fully saturated rings. The lowest BCUT2D eigenvalue weighted by Crippen LogP contribution is -2.54. The molecule has 0 radical (unpaired) electrons. The quantitative estimate of drug-likeness (QED) is 0.353. The van der Waals surface area contributed by atoms with Gasteiger partial charge < -0.3 is 10.1 Å². The second-order valence-electron chi connectivity index (χ2n) is 7.43. The fraction of sp³-hybridized carbons (Fsp3) is 0.0400. The minimum Gasteiger partial charge on any atom is -0.483 e. The van der Waals surface area contributed by atoms with Crippen LogP contribution in [0.4, 0.5) is 20.6 Å². The number of rotatable bonds is 6. The molecule has 11 heteroatoms. The fourth-order valence-electron chi connectivity index (χ4n) is 3.29. The van der Waals surface area contributed by atoms with Crippen LogP contribution in [-0.2, 0) is 14.4 Å². The predicted molar refractivity (Wildman–Crippen MR) is 132 cm³/mol. The number of halogens is 3. The van der Waals surface area contributed by atoms with Crippen molar-refractivity contribution in [1.29, 1.82) is 0 Å². The van der Waals surface area contributed by atoms with Crippen molar-refractivity contribution in [2.24, 2.45) is 0 Å². The Morgan fingerprint density at radius 1 is 1.03 bits per heavy atom. The van der Waals surface area contributed by atoms with Gasteiger partial charge in [-0.1, -0.05) is 35.3 Å². The molecule has 0 bridgehead atoms. The molecule has 1 saturated heterocycles. The molecule has 0 unspecified atom stereocenters. The van der Waals surface area contributed by atoms with Gasteiger partial charge >= 0.3 is 6.03 Å². The number of ether oxygens (including phenoxy) is 1. The highest BCUT2D eigenvalue weighted by molar-refractivity contribution is 6.39. The Balaban J connectivity index is 1.58. The number of nitrogens with one attached hydrogen (secondary N) is 2. The maximum Gasteiger partial charge on any atom is 0.335 e. The minimum atomic E-state index is -0.979. The molecule has 3 aromatic rings. The number of nitrogens with zero attached hydrogens (tertiary/aromatic N) is 1. The van der Waals surface area contributed by atoms with Gasteiger partial charge in [0.15, 0.2) is 6.61 Å². The molecule has 1 heterocycles. The summed E-state index contributed by atoms with van der Waals surface area (Å²) in [6.45, 7) is -0.413. The van der Waals surface area contributed by atoms with Crippen LogP contribution in [0.15, 0.2) is 72.3 Å². The van der Waals surface area contributed by atoms with E-state index in [0.717, 1.165) is 12.1 Å². The SMILES string of the molecule is O=C(COc1ccc(Cl)cc1/C=C1\C(=O)NC(=O)N(c2ccc(F)cc2)C1=O)Nc1ccccc1Cl. The number of hydrogen-bond donors (Lipinski definition) is 2. The predicted octanol–water partition coefficient (Wildman–Crippen LogP) is 4.82. The molecule has 8 nitrogen and oxygen atoms in total. The first-order valence-corrected chi connectivity index (χ1v) is 11.1. The second kappa shape index (κ2) is 10.6. The zero-order valence-corrected chi connectivity index (χ0v) is 19.8. The zero-order valence-electron chi connectivity index (χ0n) is 18.3. The van der Waals surface area contributed by atoms with Crippen molar-refractivity contribution in [3.8, 4) is 5.75 Å². The van der Waals surface area contributed by atoms with E-state index < -0.39 is 41.7 Å². The number of amides is 5. The Hall–Kier alpha value is -4.21. The first-order valence-electron chi connectivity index (χ1n) is 10.4. The number of barbiturate groups is 1. The summed E-state index contributed by atoms with van der Waals surface area (Å²) in [6, 6.07) is 14.7. The van der Waals surface area contributed by atoms with Crippen molar-refractivity contribution >= 4 is 64.4 Å². The van der Waals surface area contributed by atoms with E-state index in [1.807, 2.05) is 0 Å². The highest BCUT2D eigenvalue weighted by atomic mass is 35.5. The van der Waals surface area contributed by atoms with Crippen molar-refractivity contribution in [3.05, 3.63) is 93.7 Å². The van der Waals surface area contributed by atoms with Crippen LogP contribution in [0.25, 0.3) is 6.08 Å². The normalized spacial score (nSPS) is 14.6. The molecular formula is C25H16Cl2FN3O5. The molecule has 182 valence electrons. The summed E-state index contributed by atoms with van der Waals surface area (Å²) < 4.78 is 18.9. The lowest BCUT2D eigenvalue weighted by Gasteiger charge is -2.26. The van der Waals surface area contributed by atoms with Gasteiger partial charge in [-0.15, -0.1) is 0 Å². The molecule has 5 amide bonds. The molecule has 2 N–H and O–H groups in total. The first-order chi connectivity index (χ1) is 17.2. The van der Waals surface area contributed by atoms with E-state index >= 15 is 0 Å². The van der Waals surface area contributed by atoms with Gasteiger partial charge in [0.25, 0.3) is 17.7 Å². The van der Waals surface area contributed by atoms with Crippen molar-refractivity contribution in [2.75, 3.05) is 16.8 Å². The standard InChI is InChI=1S/C25H16Cl2FN3O5/c26-15-5-10-21(36-13-22(32)29-20-4-2-1-3-19(20)27)14(11-15)12-18-23(33)30-25(35)31(24(18)34)17-8-6-16(28)7-9-17/h1-12H,13H2,(H,29,32)(H,30,33,35)/b18-12+. The van der Waals surface area contributed by atoms with Crippen molar-refractivity contribution < 1.29 is 28.3 Å². The number of benzene rings is 3. The molecule has 0 aromatic heterocycles. The monoisotopic (exact) mass is 527 g/mol. The van der Waals surface area contributed by atoms with Gasteiger partial charge in [0, 0.05) is 10.6 Å². The summed E-state index contributed by atoms with van der Waals surface area (Å²) in [6.07, 6.45) is 1.19. The average Bonchev–Trinajstić information content (AvgIpc) is 2.84. The highest BCUT2D eigenvalue weighted by Gasteiger charge is 2.37. The van der Waals surface area contributed by atoms with Gasteiger partial charge in [-0.05, 0) is 60.7 Å². The van der Waals surface area contributed by atoms with E-state index in [1.54, 1.807) is 24.3 Å². The van der Waals surface area contributed by atoms with Gasteiger partial charge in [-0.3, -0.25) is 19.7 Å². The van der Waals surface area contributed by atoms with Crippen LogP contribution >= 0.6 is 23.2 Å². The number of carbonyl (C=O) groups is 4. The van der Waals surface area contributed by atoms with Crippen LogP contribution < -0.4 is 20.3 Å². The summed E-state index contributed by atoms with van der Waals surface area (Å²) in [5, 5.41) is 5.31. The summed E-state index contributed by atoms with van der Waals surface area (Å²) in [7, 11) is 0. The van der Waals surface area contributed by atoms with E-state index in [4.69, 9.17) is 27.9 Å². The van der Waals surface area contributed by atoms with Gasteiger partial charge in [-0.2, -0.15) is 0 Å². The Kier molecular flexibility index (Phi) is 7.33. The maximum absolute atomic E-state index is 13.3. The fourth-order valence-corrected chi connectivity index (χ4v) is 3.66. The molecule has 4 rings (SSSR count). The van der Waals surface area contributed by atoms with Crippen molar-refractivity contribution in [2.45, 2.75) is 0 Å². The molecule has 1 aliphatic rings. The van der Waals surface area contributed by atoms with Gasteiger partial charge in [0.05, 0.1) is 16.4 Å². The van der Waals surface area contributed by atoms with E-state index in [-0.39, 0.29) is 22.0 Å². The van der Waals surface area contributed by atoms with Crippen LogP contribution in [-0.4, -0.2) is 30.4 Å². The smallest absolute Gasteiger partial charge is 0.335 e. The first kappa shape index (κ1) is 24.9. The van der Waals surface area contributed by atoms with Crippen molar-refractivity contribution in [3.63, 3.8) is 0 Å². The van der Waals surface area contributed by atoms with Crippen LogP contribution in [0.3, 0.4) is 0 Å². The van der Waals surface area contributed by atoms with Crippen molar-refractivity contribution in [1.82, 2.24) is 5.32 Å². The van der Waals surface area contributed by atoms with Crippen LogP contribution in [0.1, 0.15) is 5.56 Å². The van der Waals surface area contributed by atoms with Crippen LogP contribution in [0.5, 0.6) is 5.75 Å². The Morgan fingerprint density at radius 3 is 2.47 bits per heavy atom. The third kappa shape index (κ3) is 5.54. The van der Waals surface area contributed by atoms with Crippen LogP contribution in [0.2, 0.25) is 10.0 Å². The molecule has 0 atom stereocenters. The lowest BCUT2D eigenvalue weighted by atomic mass is 10.1. The average molecular weight is 528 g/mol. The number of anilines is 2. The zero-order chi connectivity index (χ0) is 25.8. The van der Waals surface area contributed by atoms with Gasteiger partial charge in [0.2, 0.25) is 0 Å². The third-order valence-electron chi connectivity index (χ3n) is 4.96. The number of para-hydroxylation sites is 1. The highest BCUT2D eigenvalue weighted by Crippen LogP contribution is 2.28. The van der Waals surface area contributed by atoms with E-state index in [0.29, 0.717) is 15.6 Å². The molecule has 0 spiro atoms. The Labute approximate surface area is 214 Å². The summed E-state index contributed by atoms with van der Waals surface area (Å²) in [5.41, 5.74) is 0.281. The molecular weight excluding hydrogens is 512 g/mol. The minimum absolute atomic E-state index is 0.0658. The molecule has 0 aliphatic carbocycles. The van der Waals surface area contributed by atoms with E-state index in [9.17, 15) is 23.6 Å². The molecule has 3 aromatic carbocycles. The molecule has 36 heavy (non-hydrogen) atoms. The maximum atomic E-state index is 13.3. The summed E-state index contributed by atoms with van der Waals surface area (Å²) in [5.74, 6) is -2.79. The third-order valence-corrected chi connectivity index (χ3v) is 5.53. The van der Waals surface area contributed by atoms with E-state index in [1.165, 1.54) is 36.4 Å². The van der Waals surface area contributed by atoms with Gasteiger partial charge in [-0.25, -0.2) is 14.1 Å². The number of imide groups is 2. The van der Waals surface area contributed by atoms with Crippen LogP contribution in [0, 0.1) is 5.82 Å². The lowest BCUT2D eigenvalue weighted by molar-refractivity contribution is -0.122. The molecule has 1 aliphatic heterocycles. The molecule has 0 saturated carbocycles. The number of carbonyl (C=O) groups excluding carboxylic acids is 4. The Bertz CT molecular complexity index is 1410. The second-order valence-corrected chi connectivity index (χ2v) is 8.28. The largest absolute Gasteiger partial charge is 0.483 e. The number of urea groups is 1. The Morgan fingerprint density at radius 2 is 1.75 bits per heavy atom. The summed E-state index contributed by atoms with van der Waals surface area (Å²) >= 11 is 12.1.